The highest BCUT2D eigenvalue weighted by Crippen LogP contribution is 2.30. The van der Waals surface area contributed by atoms with Gasteiger partial charge in [0.2, 0.25) is 53.2 Å². The normalized spacial score (nSPS) is 15.7. The molecular formula is C65H109N15O9S. The van der Waals surface area contributed by atoms with Gasteiger partial charge in [0.1, 0.15) is 19.1 Å². The fourth-order valence-corrected chi connectivity index (χ4v) is 11.9. The molecule has 504 valence electrons. The second-order valence-electron chi connectivity index (χ2n) is 23.3. The third-order valence-electron chi connectivity index (χ3n) is 16.2. The maximum absolute atomic E-state index is 14.9. The number of benzene rings is 2. The monoisotopic (exact) mass is 1280 g/mol. The van der Waals surface area contributed by atoms with Gasteiger partial charge in [-0.05, 0) is 128 Å². The van der Waals surface area contributed by atoms with Crippen LogP contribution in [0.2, 0.25) is 0 Å². The third kappa shape index (κ3) is 28.6. The molecule has 0 aromatic heterocycles. The number of thioether (sulfide) groups is 1. The van der Waals surface area contributed by atoms with Gasteiger partial charge in [0.15, 0.2) is 0 Å². The predicted molar refractivity (Wildman–Crippen MR) is 355 cm³/mol. The Bertz CT molecular complexity index is 2520. The SMILES string of the molecule is C=C1N[C@H]2CSC(C)[C@H]2N1.CCCCCC(=O)NCCCC[C@H](NC(=O)CN(C(=O)CN(CCCCN)C(=O)CN(C(=O)CN(CCCCN)C(=O)CN(CCCCN)C(=O)CN(CCCCN)C(C)=O)[C@@H](C)c1ccccc1)[C@@H](C)c1ccccc1)C(N)=O. The van der Waals surface area contributed by atoms with E-state index in [4.69, 9.17) is 28.7 Å². The zero-order valence-electron chi connectivity index (χ0n) is 54.5. The average Bonchev–Trinajstić information content (AvgIpc) is 2.35. The average molecular weight is 1280 g/mol. The van der Waals surface area contributed by atoms with E-state index in [1.54, 1.807) is 38.1 Å². The highest BCUT2D eigenvalue weighted by molar-refractivity contribution is 8.00. The van der Waals surface area contributed by atoms with Crippen molar-refractivity contribution in [2.45, 2.75) is 166 Å². The Kier molecular flexibility index (Phi) is 37.7. The summed E-state index contributed by atoms with van der Waals surface area (Å²) in [5, 5.41) is 13.0. The number of hydrogen-bond donors (Lipinski definition) is 9. The van der Waals surface area contributed by atoms with Crippen molar-refractivity contribution in [3.63, 3.8) is 0 Å². The standard InChI is InChI=1S/C58H97N13O9.C7H12N2S/c1-5-6-9-29-51(73)64-34-19-14-28-50(58(63)80)65-52(74)39-70(45(2)48-24-10-7-11-25-48)56(78)42-69(38-23-18-33-62)55(77)44-71(46(3)49-26-12-8-13-27-49)57(79)43-68(37-22-17-32-61)54(76)41-67(36-21-16-31-60)53(75)40-66(47(4)72)35-20-15-30-59;1-4-7-6(3-10-4)8-5(2)9-7/h7-8,10-13,24-27,45-46,50H,5-6,9,14-23,28-44,59-62H2,1-4H3,(H2,63,80)(H,64,73)(H,65,74);4,6-9H,2-3H2,1H3/t45-,46-,50-;4?,6-,7+/m00/s1. The number of rotatable bonds is 43. The molecule has 1 unspecified atom stereocenters. The third-order valence-corrected chi connectivity index (χ3v) is 17.6. The molecule has 90 heavy (non-hydrogen) atoms. The fraction of sp³-hybridized carbons (Fsp3) is 0.646. The molecule has 2 fully saturated rings. The minimum atomic E-state index is -1.05. The molecule has 2 aliphatic rings. The number of carbonyl (C=O) groups is 9. The van der Waals surface area contributed by atoms with Crippen LogP contribution in [0.5, 0.6) is 0 Å². The van der Waals surface area contributed by atoms with Crippen LogP contribution in [0.15, 0.2) is 73.1 Å². The highest BCUT2D eigenvalue weighted by Gasteiger charge is 2.39. The van der Waals surface area contributed by atoms with Crippen molar-refractivity contribution < 1.29 is 43.2 Å². The van der Waals surface area contributed by atoms with Crippen molar-refractivity contribution in [2.24, 2.45) is 28.7 Å². The lowest BCUT2D eigenvalue weighted by Crippen LogP contribution is -2.53. The molecule has 14 N–H and O–H groups in total. The van der Waals surface area contributed by atoms with Crippen LogP contribution >= 0.6 is 11.8 Å². The van der Waals surface area contributed by atoms with Crippen LogP contribution in [-0.2, 0) is 43.2 Å². The van der Waals surface area contributed by atoms with E-state index in [-0.39, 0.29) is 51.0 Å². The molecule has 25 heteroatoms. The lowest BCUT2D eigenvalue weighted by atomic mass is 10.1. The number of hydrogen-bond acceptors (Lipinski definition) is 16. The largest absolute Gasteiger partial charge is 0.368 e. The van der Waals surface area contributed by atoms with E-state index >= 15 is 0 Å². The summed E-state index contributed by atoms with van der Waals surface area (Å²) in [6.07, 6.45) is 8.72. The first-order valence-corrected chi connectivity index (χ1v) is 33.5. The minimum Gasteiger partial charge on any atom is -0.368 e. The second kappa shape index (κ2) is 43.8. The van der Waals surface area contributed by atoms with E-state index in [0.29, 0.717) is 133 Å². The van der Waals surface area contributed by atoms with E-state index in [1.165, 1.54) is 42.1 Å². The number of nitrogens with zero attached hydrogens (tertiary/aromatic N) is 6. The molecule has 2 saturated heterocycles. The summed E-state index contributed by atoms with van der Waals surface area (Å²) < 4.78 is 0. The van der Waals surface area contributed by atoms with Gasteiger partial charge in [-0.2, -0.15) is 11.8 Å². The predicted octanol–water partition coefficient (Wildman–Crippen LogP) is 2.82. The van der Waals surface area contributed by atoms with Gasteiger partial charge < -0.3 is 79.3 Å². The number of fused-ring (bicyclic) bond motifs is 1. The van der Waals surface area contributed by atoms with Crippen LogP contribution in [0.25, 0.3) is 0 Å². The Morgan fingerprint density at radius 1 is 0.567 bits per heavy atom. The molecule has 0 radical (unpaired) electrons. The van der Waals surface area contributed by atoms with Crippen molar-refractivity contribution in [3.8, 4) is 0 Å². The van der Waals surface area contributed by atoms with Crippen LogP contribution in [0.4, 0.5) is 0 Å². The van der Waals surface area contributed by atoms with Crippen LogP contribution < -0.4 is 49.9 Å². The summed E-state index contributed by atoms with van der Waals surface area (Å²) in [5.74, 6) is -2.18. The van der Waals surface area contributed by atoms with Crippen molar-refractivity contribution >= 4 is 64.9 Å². The van der Waals surface area contributed by atoms with Gasteiger partial charge in [0, 0.05) is 57.1 Å². The summed E-state index contributed by atoms with van der Waals surface area (Å²) in [6.45, 7) is 13.1. The Morgan fingerprint density at radius 3 is 1.46 bits per heavy atom. The second-order valence-corrected chi connectivity index (χ2v) is 24.8. The van der Waals surface area contributed by atoms with E-state index in [0.717, 1.165) is 30.3 Å². The summed E-state index contributed by atoms with van der Waals surface area (Å²) in [5.41, 5.74) is 30.4. The molecule has 6 atom stereocenters. The molecular weight excluding hydrogens is 1170 g/mol. The summed E-state index contributed by atoms with van der Waals surface area (Å²) in [6, 6.07) is 16.9. The summed E-state index contributed by atoms with van der Waals surface area (Å²) in [4.78, 5) is 132. The van der Waals surface area contributed by atoms with Gasteiger partial charge >= 0.3 is 0 Å². The number of nitrogens with one attached hydrogen (secondary N) is 4. The molecule has 0 saturated carbocycles. The fourth-order valence-electron chi connectivity index (χ4n) is 10.6. The van der Waals surface area contributed by atoms with Gasteiger partial charge in [-0.15, -0.1) is 0 Å². The summed E-state index contributed by atoms with van der Waals surface area (Å²) in [7, 11) is 0. The molecule has 0 aliphatic carbocycles. The number of nitrogens with two attached hydrogens (primary N) is 5. The van der Waals surface area contributed by atoms with Gasteiger partial charge in [-0.25, -0.2) is 0 Å². The number of primary amides is 1. The minimum absolute atomic E-state index is 0.0391. The molecule has 9 amide bonds. The maximum atomic E-state index is 14.9. The Hall–Kier alpha value is -6.80. The van der Waals surface area contributed by atoms with Crippen LogP contribution in [0.1, 0.15) is 154 Å². The van der Waals surface area contributed by atoms with Gasteiger partial charge in [0.05, 0.1) is 56.2 Å². The number of amides is 9. The summed E-state index contributed by atoms with van der Waals surface area (Å²) >= 11 is 2.03. The first-order chi connectivity index (χ1) is 43.2. The highest BCUT2D eigenvalue weighted by atomic mass is 32.2. The Balaban J connectivity index is 0.00000189. The van der Waals surface area contributed by atoms with Crippen molar-refractivity contribution in [1.29, 1.82) is 0 Å². The van der Waals surface area contributed by atoms with E-state index in [1.807, 2.05) is 48.2 Å². The Labute approximate surface area is 539 Å². The lowest BCUT2D eigenvalue weighted by molar-refractivity contribution is -0.149. The zero-order chi connectivity index (χ0) is 66.4. The first-order valence-electron chi connectivity index (χ1n) is 32.5. The van der Waals surface area contributed by atoms with Crippen LogP contribution in [0, 0.1) is 0 Å². The van der Waals surface area contributed by atoms with Crippen LogP contribution in [-0.4, -0.2) is 210 Å². The number of carbonyl (C=O) groups excluding carboxylic acids is 9. The van der Waals surface area contributed by atoms with Gasteiger partial charge in [-0.3, -0.25) is 43.2 Å². The first kappa shape index (κ1) is 77.4. The van der Waals surface area contributed by atoms with Crippen LogP contribution in [0.3, 0.4) is 0 Å². The van der Waals surface area contributed by atoms with Crippen molar-refractivity contribution in [1.82, 2.24) is 50.7 Å². The van der Waals surface area contributed by atoms with E-state index in [9.17, 15) is 43.2 Å². The molecule has 0 bridgehead atoms. The van der Waals surface area contributed by atoms with Crippen molar-refractivity contribution in [3.05, 3.63) is 84.2 Å². The molecule has 2 aromatic rings. The molecule has 4 rings (SSSR count). The van der Waals surface area contributed by atoms with Gasteiger partial charge in [0.25, 0.3) is 0 Å². The van der Waals surface area contributed by atoms with E-state index in [2.05, 4.69) is 41.7 Å². The Morgan fingerprint density at radius 2 is 1.01 bits per heavy atom. The molecule has 24 nitrogen and oxygen atoms in total. The smallest absolute Gasteiger partial charge is 0.243 e. The number of unbranched alkanes of at least 4 members (excludes halogenated alkanes) is 7. The van der Waals surface area contributed by atoms with E-state index < -0.39 is 85.7 Å². The van der Waals surface area contributed by atoms with Crippen molar-refractivity contribution in [2.75, 3.05) is 104 Å². The molecule has 2 aromatic carbocycles. The molecule has 2 heterocycles. The molecule has 2 aliphatic heterocycles. The maximum Gasteiger partial charge on any atom is 0.243 e. The quantitative estimate of drug-likeness (QED) is 0.0431. The zero-order valence-corrected chi connectivity index (χ0v) is 55.3. The lowest BCUT2D eigenvalue weighted by Gasteiger charge is -2.35. The topological polar surface area (TPSA) is 351 Å². The van der Waals surface area contributed by atoms with Gasteiger partial charge in [-0.1, -0.05) is 93.9 Å². The molecule has 0 spiro atoms.